The standard InChI is InChI=1S/C20H35N5O2.HI/c1-4-15(5-2)18-12-17(27-25-18)13-22-20(21-6-3)23-14-19(26)24-16-10-8-7-9-11-16;/h12,15-16H,4-11,13-14H2,1-3H3,(H,24,26)(H2,21,22,23);1H. The van der Waals surface area contributed by atoms with E-state index in [1.54, 1.807) is 0 Å². The summed E-state index contributed by atoms with van der Waals surface area (Å²) >= 11 is 0. The first kappa shape index (κ1) is 24.7. The molecule has 0 atom stereocenters. The molecule has 1 amide bonds. The SMILES string of the molecule is CCNC(=NCC(=O)NC1CCCCC1)NCc1cc(C(CC)CC)no1.I. The van der Waals surface area contributed by atoms with Crippen molar-refractivity contribution in [2.75, 3.05) is 13.1 Å². The van der Waals surface area contributed by atoms with Gasteiger partial charge in [-0.1, -0.05) is 38.3 Å². The third-order valence-electron chi connectivity index (χ3n) is 5.11. The predicted octanol–water partition coefficient (Wildman–Crippen LogP) is 3.70. The van der Waals surface area contributed by atoms with Crippen molar-refractivity contribution in [2.45, 2.75) is 84.2 Å². The number of nitrogens with zero attached hydrogens (tertiary/aromatic N) is 2. The Morgan fingerprint density at radius 3 is 2.57 bits per heavy atom. The largest absolute Gasteiger partial charge is 0.359 e. The molecule has 8 heteroatoms. The Bertz CT molecular complexity index is 595. The van der Waals surface area contributed by atoms with Gasteiger partial charge in [0.1, 0.15) is 6.54 Å². The molecular formula is C20H36IN5O2. The van der Waals surface area contributed by atoms with Gasteiger partial charge in [0.25, 0.3) is 0 Å². The zero-order chi connectivity index (χ0) is 19.5. The van der Waals surface area contributed by atoms with Crippen LogP contribution < -0.4 is 16.0 Å². The highest BCUT2D eigenvalue weighted by atomic mass is 127. The van der Waals surface area contributed by atoms with Crippen LogP contribution in [-0.4, -0.2) is 36.2 Å². The Hall–Kier alpha value is -1.32. The van der Waals surface area contributed by atoms with Crippen LogP contribution in [0, 0.1) is 0 Å². The fraction of sp³-hybridized carbons (Fsp3) is 0.750. The molecule has 0 saturated heterocycles. The molecule has 0 aliphatic heterocycles. The predicted molar refractivity (Wildman–Crippen MR) is 123 cm³/mol. The summed E-state index contributed by atoms with van der Waals surface area (Å²) in [4.78, 5) is 16.5. The Kier molecular flexibility index (Phi) is 12.2. The molecule has 0 unspecified atom stereocenters. The molecule has 1 fully saturated rings. The maximum Gasteiger partial charge on any atom is 0.242 e. The molecular weight excluding hydrogens is 469 g/mol. The van der Waals surface area contributed by atoms with E-state index in [0.717, 1.165) is 43.7 Å². The van der Waals surface area contributed by atoms with Crippen LogP contribution in [0.3, 0.4) is 0 Å². The zero-order valence-electron chi connectivity index (χ0n) is 17.4. The molecule has 28 heavy (non-hydrogen) atoms. The van der Waals surface area contributed by atoms with Crippen molar-refractivity contribution >= 4 is 35.8 Å². The Labute approximate surface area is 185 Å². The van der Waals surface area contributed by atoms with Gasteiger partial charge in [0.05, 0.1) is 12.2 Å². The molecule has 0 radical (unpaired) electrons. The Morgan fingerprint density at radius 2 is 1.93 bits per heavy atom. The summed E-state index contributed by atoms with van der Waals surface area (Å²) in [5, 5.41) is 13.6. The number of guanidine groups is 1. The topological polar surface area (TPSA) is 91.5 Å². The van der Waals surface area contributed by atoms with Gasteiger partial charge in [0, 0.05) is 24.6 Å². The van der Waals surface area contributed by atoms with Crippen molar-refractivity contribution in [2.24, 2.45) is 4.99 Å². The highest BCUT2D eigenvalue weighted by molar-refractivity contribution is 14.0. The first-order chi connectivity index (χ1) is 13.2. The molecule has 7 nitrogen and oxygen atoms in total. The molecule has 2 rings (SSSR count). The summed E-state index contributed by atoms with van der Waals surface area (Å²) in [5.41, 5.74) is 1.01. The second-order valence-electron chi connectivity index (χ2n) is 7.18. The van der Waals surface area contributed by atoms with Crippen LogP contribution in [0.15, 0.2) is 15.6 Å². The van der Waals surface area contributed by atoms with E-state index in [0.29, 0.717) is 24.5 Å². The first-order valence-electron chi connectivity index (χ1n) is 10.4. The maximum absolute atomic E-state index is 12.1. The first-order valence-corrected chi connectivity index (χ1v) is 10.4. The van der Waals surface area contributed by atoms with Crippen LogP contribution in [0.4, 0.5) is 0 Å². The second-order valence-corrected chi connectivity index (χ2v) is 7.18. The van der Waals surface area contributed by atoms with Crippen molar-refractivity contribution in [3.63, 3.8) is 0 Å². The summed E-state index contributed by atoms with van der Waals surface area (Å²) in [5.74, 6) is 1.80. The highest BCUT2D eigenvalue weighted by Gasteiger charge is 2.16. The van der Waals surface area contributed by atoms with E-state index in [2.05, 4.69) is 39.9 Å². The van der Waals surface area contributed by atoms with Gasteiger partial charge >= 0.3 is 0 Å². The molecule has 160 valence electrons. The lowest BCUT2D eigenvalue weighted by atomic mass is 9.95. The number of rotatable bonds is 9. The third kappa shape index (κ3) is 8.36. The van der Waals surface area contributed by atoms with Gasteiger partial charge in [-0.05, 0) is 32.6 Å². The van der Waals surface area contributed by atoms with Crippen molar-refractivity contribution in [1.29, 1.82) is 0 Å². The second kappa shape index (κ2) is 13.8. The number of hydrogen-bond donors (Lipinski definition) is 3. The molecule has 1 aliphatic carbocycles. The highest BCUT2D eigenvalue weighted by Crippen LogP contribution is 2.22. The fourth-order valence-corrected chi connectivity index (χ4v) is 3.50. The lowest BCUT2D eigenvalue weighted by molar-refractivity contribution is -0.120. The smallest absolute Gasteiger partial charge is 0.242 e. The molecule has 1 aromatic heterocycles. The van der Waals surface area contributed by atoms with Crippen LogP contribution >= 0.6 is 24.0 Å². The minimum atomic E-state index is -0.0187. The van der Waals surface area contributed by atoms with Crippen LogP contribution in [0.1, 0.15) is 83.1 Å². The van der Waals surface area contributed by atoms with Crippen molar-refractivity contribution < 1.29 is 9.32 Å². The molecule has 1 aromatic rings. The monoisotopic (exact) mass is 505 g/mol. The third-order valence-corrected chi connectivity index (χ3v) is 5.11. The summed E-state index contributed by atoms with van der Waals surface area (Å²) in [6, 6.07) is 2.32. The van der Waals surface area contributed by atoms with Crippen LogP contribution in [-0.2, 0) is 11.3 Å². The maximum atomic E-state index is 12.1. The van der Waals surface area contributed by atoms with E-state index in [4.69, 9.17) is 4.52 Å². The van der Waals surface area contributed by atoms with Crippen molar-refractivity contribution in [1.82, 2.24) is 21.1 Å². The Morgan fingerprint density at radius 1 is 1.21 bits per heavy atom. The number of carbonyl (C=O) groups is 1. The number of halogens is 1. The summed E-state index contributed by atoms with van der Waals surface area (Å²) in [7, 11) is 0. The van der Waals surface area contributed by atoms with E-state index in [9.17, 15) is 4.79 Å². The van der Waals surface area contributed by atoms with Gasteiger partial charge in [-0.2, -0.15) is 0 Å². The van der Waals surface area contributed by atoms with E-state index in [-0.39, 0.29) is 36.4 Å². The van der Waals surface area contributed by atoms with Crippen LogP contribution in [0.2, 0.25) is 0 Å². The van der Waals surface area contributed by atoms with Gasteiger partial charge in [0.2, 0.25) is 5.91 Å². The number of amides is 1. The van der Waals surface area contributed by atoms with Gasteiger partial charge in [-0.3, -0.25) is 4.79 Å². The minimum Gasteiger partial charge on any atom is -0.359 e. The summed E-state index contributed by atoms with van der Waals surface area (Å²) in [6.45, 7) is 7.67. The molecule has 0 bridgehead atoms. The van der Waals surface area contributed by atoms with E-state index in [1.165, 1.54) is 19.3 Å². The van der Waals surface area contributed by atoms with Gasteiger partial charge in [-0.15, -0.1) is 24.0 Å². The quantitative estimate of drug-likeness (QED) is 0.271. The average Bonchev–Trinajstić information content (AvgIpc) is 3.14. The molecule has 3 N–H and O–H groups in total. The van der Waals surface area contributed by atoms with Crippen molar-refractivity contribution in [3.05, 3.63) is 17.5 Å². The molecule has 0 aromatic carbocycles. The van der Waals surface area contributed by atoms with Crippen LogP contribution in [0.5, 0.6) is 0 Å². The number of carbonyl (C=O) groups excluding carboxylic acids is 1. The average molecular weight is 505 g/mol. The van der Waals surface area contributed by atoms with Crippen LogP contribution in [0.25, 0.3) is 0 Å². The normalized spacial score (nSPS) is 15.2. The molecule has 0 spiro atoms. The summed E-state index contributed by atoms with van der Waals surface area (Å²) in [6.07, 6.45) is 7.95. The number of aliphatic imine (C=N–C) groups is 1. The lowest BCUT2D eigenvalue weighted by Crippen LogP contribution is -2.40. The van der Waals surface area contributed by atoms with Gasteiger partial charge in [0.15, 0.2) is 11.7 Å². The number of aromatic nitrogens is 1. The lowest BCUT2D eigenvalue weighted by Gasteiger charge is -2.22. The number of nitrogens with one attached hydrogen (secondary N) is 3. The fourth-order valence-electron chi connectivity index (χ4n) is 3.50. The number of hydrogen-bond acceptors (Lipinski definition) is 4. The van der Waals surface area contributed by atoms with E-state index < -0.39 is 0 Å². The minimum absolute atomic E-state index is 0. The molecule has 1 saturated carbocycles. The van der Waals surface area contributed by atoms with E-state index in [1.807, 2.05) is 13.0 Å². The summed E-state index contributed by atoms with van der Waals surface area (Å²) < 4.78 is 5.43. The Balaban J connectivity index is 0.00000392. The molecule has 1 heterocycles. The van der Waals surface area contributed by atoms with Gasteiger partial charge in [-0.25, -0.2) is 4.99 Å². The van der Waals surface area contributed by atoms with Crippen molar-refractivity contribution in [3.8, 4) is 0 Å². The molecule has 1 aliphatic rings. The van der Waals surface area contributed by atoms with E-state index >= 15 is 0 Å². The van der Waals surface area contributed by atoms with Gasteiger partial charge < -0.3 is 20.5 Å². The zero-order valence-corrected chi connectivity index (χ0v) is 19.8.